The number of nitrogens with one attached hydrogen (secondary N) is 1. The van der Waals surface area contributed by atoms with Gasteiger partial charge in [-0.1, -0.05) is 37.5 Å². The maximum Gasteiger partial charge on any atom is 0.253 e. The van der Waals surface area contributed by atoms with Crippen molar-refractivity contribution in [2.24, 2.45) is 0 Å². The second-order valence-electron chi connectivity index (χ2n) is 6.23. The van der Waals surface area contributed by atoms with Gasteiger partial charge in [0.2, 0.25) is 0 Å². The molecule has 2 rings (SSSR count). The normalized spacial score (nSPS) is 17.5. The molecule has 1 unspecified atom stereocenters. The molecule has 1 atom stereocenters. The van der Waals surface area contributed by atoms with Crippen molar-refractivity contribution < 1.29 is 9.53 Å². The average molecular weight is 304 g/mol. The third kappa shape index (κ3) is 4.55. The molecule has 0 spiro atoms. The Morgan fingerprint density at radius 3 is 2.68 bits per heavy atom. The maximum absolute atomic E-state index is 12.0. The van der Waals surface area contributed by atoms with Crippen LogP contribution in [0.3, 0.4) is 0 Å². The Bertz CT molecular complexity index is 484. The Balaban J connectivity index is 2.02. The zero-order valence-electron chi connectivity index (χ0n) is 14.0. The molecule has 0 heterocycles. The second-order valence-corrected chi connectivity index (χ2v) is 6.23. The van der Waals surface area contributed by atoms with Gasteiger partial charge in [-0.25, -0.2) is 0 Å². The first-order valence-electron chi connectivity index (χ1n) is 8.23. The topological polar surface area (TPSA) is 41.6 Å². The number of hydrogen-bond acceptors (Lipinski definition) is 3. The van der Waals surface area contributed by atoms with Gasteiger partial charge < -0.3 is 10.1 Å². The van der Waals surface area contributed by atoms with Gasteiger partial charge in [-0.05, 0) is 38.4 Å². The lowest BCUT2D eigenvalue weighted by Gasteiger charge is -2.31. The summed E-state index contributed by atoms with van der Waals surface area (Å²) >= 11 is 0. The number of carbonyl (C=O) groups excluding carboxylic acids is 1. The van der Waals surface area contributed by atoms with Crippen LogP contribution in [-0.2, 0) is 16.1 Å². The SMILES string of the molecule is COC(C)C(=O)Nc1ccccc1CN(C)C1CCCCC1. The van der Waals surface area contributed by atoms with Crippen molar-refractivity contribution in [1.29, 1.82) is 0 Å². The van der Waals surface area contributed by atoms with Crippen molar-refractivity contribution in [1.82, 2.24) is 4.90 Å². The minimum Gasteiger partial charge on any atom is -0.372 e. The van der Waals surface area contributed by atoms with Crippen LogP contribution in [0.25, 0.3) is 0 Å². The molecule has 1 N–H and O–H groups in total. The van der Waals surface area contributed by atoms with Gasteiger partial charge in [-0.2, -0.15) is 0 Å². The Hall–Kier alpha value is -1.39. The summed E-state index contributed by atoms with van der Waals surface area (Å²) in [5.41, 5.74) is 2.05. The Morgan fingerprint density at radius 2 is 2.00 bits per heavy atom. The summed E-state index contributed by atoms with van der Waals surface area (Å²) in [6.45, 7) is 2.62. The van der Waals surface area contributed by atoms with Crippen LogP contribution < -0.4 is 5.32 Å². The quantitative estimate of drug-likeness (QED) is 0.875. The summed E-state index contributed by atoms with van der Waals surface area (Å²) in [6, 6.07) is 8.70. The molecule has 1 aliphatic carbocycles. The van der Waals surface area contributed by atoms with Crippen LogP contribution in [0.2, 0.25) is 0 Å². The number of amides is 1. The number of methoxy groups -OCH3 is 1. The molecule has 0 saturated heterocycles. The van der Waals surface area contributed by atoms with Gasteiger partial charge >= 0.3 is 0 Å². The van der Waals surface area contributed by atoms with E-state index >= 15 is 0 Å². The number of rotatable bonds is 6. The molecule has 1 aliphatic rings. The van der Waals surface area contributed by atoms with Gasteiger partial charge in [0.1, 0.15) is 6.10 Å². The van der Waals surface area contributed by atoms with Crippen LogP contribution in [0.5, 0.6) is 0 Å². The largest absolute Gasteiger partial charge is 0.372 e. The van der Waals surface area contributed by atoms with E-state index < -0.39 is 6.10 Å². The van der Waals surface area contributed by atoms with Gasteiger partial charge in [-0.3, -0.25) is 9.69 Å². The van der Waals surface area contributed by atoms with Crippen LogP contribution in [0.15, 0.2) is 24.3 Å². The molecular weight excluding hydrogens is 276 g/mol. The fourth-order valence-electron chi connectivity index (χ4n) is 3.04. The maximum atomic E-state index is 12.0. The fraction of sp³-hybridized carbons (Fsp3) is 0.611. The van der Waals surface area contributed by atoms with Crippen LogP contribution in [0, 0.1) is 0 Å². The first-order valence-corrected chi connectivity index (χ1v) is 8.23. The van der Waals surface area contributed by atoms with Crippen LogP contribution in [0.4, 0.5) is 5.69 Å². The van der Waals surface area contributed by atoms with E-state index in [0.29, 0.717) is 6.04 Å². The highest BCUT2D eigenvalue weighted by atomic mass is 16.5. The summed E-state index contributed by atoms with van der Waals surface area (Å²) < 4.78 is 5.08. The smallest absolute Gasteiger partial charge is 0.253 e. The second kappa shape index (κ2) is 8.30. The minimum absolute atomic E-state index is 0.102. The molecule has 0 radical (unpaired) electrons. The molecule has 0 aromatic heterocycles. The molecule has 4 heteroatoms. The third-order valence-corrected chi connectivity index (χ3v) is 4.62. The Morgan fingerprint density at radius 1 is 1.32 bits per heavy atom. The highest BCUT2D eigenvalue weighted by molar-refractivity contribution is 5.94. The predicted octanol–water partition coefficient (Wildman–Crippen LogP) is 3.42. The number of anilines is 1. The Labute approximate surface area is 133 Å². The first-order chi connectivity index (χ1) is 10.6. The zero-order valence-corrected chi connectivity index (χ0v) is 14.0. The molecule has 4 nitrogen and oxygen atoms in total. The zero-order chi connectivity index (χ0) is 15.9. The van der Waals surface area contributed by atoms with E-state index in [1.165, 1.54) is 32.1 Å². The molecule has 1 amide bonds. The van der Waals surface area contributed by atoms with Gasteiger partial charge in [0.15, 0.2) is 0 Å². The number of nitrogens with zero attached hydrogens (tertiary/aromatic N) is 1. The summed E-state index contributed by atoms with van der Waals surface area (Å²) in [5, 5.41) is 2.98. The van der Waals surface area contributed by atoms with Gasteiger partial charge in [-0.15, -0.1) is 0 Å². The van der Waals surface area contributed by atoms with Crippen molar-refractivity contribution in [2.75, 3.05) is 19.5 Å². The predicted molar refractivity (Wildman–Crippen MR) is 89.9 cm³/mol. The summed E-state index contributed by atoms with van der Waals surface area (Å²) in [6.07, 6.45) is 6.16. The monoisotopic (exact) mass is 304 g/mol. The Kier molecular flexibility index (Phi) is 6.40. The van der Waals surface area contributed by atoms with E-state index in [-0.39, 0.29) is 5.91 Å². The highest BCUT2D eigenvalue weighted by Crippen LogP contribution is 2.25. The summed E-state index contributed by atoms with van der Waals surface area (Å²) in [5.74, 6) is -0.102. The first kappa shape index (κ1) is 17.0. The lowest BCUT2D eigenvalue weighted by molar-refractivity contribution is -0.124. The molecule has 22 heavy (non-hydrogen) atoms. The number of benzene rings is 1. The lowest BCUT2D eigenvalue weighted by atomic mass is 9.94. The van der Waals surface area contributed by atoms with E-state index in [4.69, 9.17) is 4.74 Å². The number of hydrogen-bond donors (Lipinski definition) is 1. The molecular formula is C18H28N2O2. The van der Waals surface area contributed by atoms with Crippen molar-refractivity contribution in [3.05, 3.63) is 29.8 Å². The van der Waals surface area contributed by atoms with Crippen LogP contribution in [-0.4, -0.2) is 37.1 Å². The third-order valence-electron chi connectivity index (χ3n) is 4.62. The van der Waals surface area contributed by atoms with Crippen molar-refractivity contribution >= 4 is 11.6 Å². The van der Waals surface area contributed by atoms with Crippen LogP contribution in [0.1, 0.15) is 44.6 Å². The molecule has 0 bridgehead atoms. The summed E-state index contributed by atoms with van der Waals surface area (Å²) in [7, 11) is 3.74. The molecule has 122 valence electrons. The van der Waals surface area contributed by atoms with Crippen molar-refractivity contribution in [3.8, 4) is 0 Å². The molecule has 1 aromatic rings. The molecule has 1 fully saturated rings. The number of ether oxygens (including phenoxy) is 1. The van der Waals surface area contributed by atoms with E-state index in [1.54, 1.807) is 14.0 Å². The van der Waals surface area contributed by atoms with E-state index in [2.05, 4.69) is 23.3 Å². The lowest BCUT2D eigenvalue weighted by Crippen LogP contribution is -2.33. The van der Waals surface area contributed by atoms with Crippen molar-refractivity contribution in [2.45, 2.75) is 57.7 Å². The fourth-order valence-corrected chi connectivity index (χ4v) is 3.04. The minimum atomic E-state index is -0.441. The number of carbonyl (C=O) groups is 1. The van der Waals surface area contributed by atoms with E-state index in [0.717, 1.165) is 17.8 Å². The van der Waals surface area contributed by atoms with E-state index in [9.17, 15) is 4.79 Å². The van der Waals surface area contributed by atoms with Gasteiger partial charge in [0.25, 0.3) is 5.91 Å². The number of para-hydroxylation sites is 1. The van der Waals surface area contributed by atoms with Crippen LogP contribution >= 0.6 is 0 Å². The van der Waals surface area contributed by atoms with E-state index in [1.807, 2.05) is 18.2 Å². The summed E-state index contributed by atoms with van der Waals surface area (Å²) in [4.78, 5) is 14.5. The van der Waals surface area contributed by atoms with Crippen molar-refractivity contribution in [3.63, 3.8) is 0 Å². The average Bonchev–Trinajstić information content (AvgIpc) is 2.56. The molecule has 1 aromatic carbocycles. The van der Waals surface area contributed by atoms with Gasteiger partial charge in [0.05, 0.1) is 0 Å². The molecule has 1 saturated carbocycles. The molecule has 0 aliphatic heterocycles. The highest BCUT2D eigenvalue weighted by Gasteiger charge is 2.19. The van der Waals surface area contributed by atoms with Gasteiger partial charge in [0, 0.05) is 25.4 Å². The standard InChI is InChI=1S/C18H28N2O2/c1-14(22-3)18(21)19-17-12-8-7-9-15(17)13-20(2)16-10-5-4-6-11-16/h7-9,12,14,16H,4-6,10-11,13H2,1-3H3,(H,19,21).